The van der Waals surface area contributed by atoms with Gasteiger partial charge in [0.15, 0.2) is 5.78 Å². The molecule has 5 nitrogen and oxygen atoms in total. The highest BCUT2D eigenvalue weighted by Crippen LogP contribution is 2.22. The number of thiophene rings is 1. The number of carbonyl (C=O) groups excluding carboxylic acids is 2. The Bertz CT molecular complexity index is 550. The zero-order valence-electron chi connectivity index (χ0n) is 15.5. The van der Waals surface area contributed by atoms with Crippen LogP contribution in [0.2, 0.25) is 0 Å². The van der Waals surface area contributed by atoms with Gasteiger partial charge in [-0.05, 0) is 63.8 Å². The molecule has 0 radical (unpaired) electrons. The Hall–Kier alpha value is -1.40. The van der Waals surface area contributed by atoms with E-state index in [9.17, 15) is 9.59 Å². The van der Waals surface area contributed by atoms with Crippen LogP contribution in [-0.4, -0.2) is 48.7 Å². The van der Waals surface area contributed by atoms with Gasteiger partial charge in [-0.1, -0.05) is 6.07 Å². The molecule has 6 heteroatoms. The maximum absolute atomic E-state index is 12.2. The molecule has 1 saturated heterocycles. The zero-order chi connectivity index (χ0) is 18.3. The predicted octanol–water partition coefficient (Wildman–Crippen LogP) is 4.37. The minimum absolute atomic E-state index is 0.0452. The molecule has 1 aliphatic heterocycles. The topological polar surface area (TPSA) is 55.8 Å². The number of amides is 1. The smallest absolute Gasteiger partial charge is 0.410 e. The average Bonchev–Trinajstić information content (AvgIpc) is 3.07. The Morgan fingerprint density at radius 2 is 2.16 bits per heavy atom. The third-order valence-corrected chi connectivity index (χ3v) is 5.01. The van der Waals surface area contributed by atoms with Crippen LogP contribution in [0.3, 0.4) is 0 Å². The van der Waals surface area contributed by atoms with Crippen LogP contribution in [-0.2, 0) is 9.47 Å². The van der Waals surface area contributed by atoms with Crippen LogP contribution in [0.25, 0.3) is 0 Å². The van der Waals surface area contributed by atoms with Gasteiger partial charge in [0, 0.05) is 19.7 Å². The van der Waals surface area contributed by atoms with Crippen LogP contribution < -0.4 is 0 Å². The summed E-state index contributed by atoms with van der Waals surface area (Å²) in [5.74, 6) is 0.529. The molecule has 1 fully saturated rings. The summed E-state index contributed by atoms with van der Waals surface area (Å²) in [6.45, 7) is 7.93. The molecule has 0 bridgehead atoms. The third-order valence-electron chi connectivity index (χ3n) is 4.10. The van der Waals surface area contributed by atoms with Crippen LogP contribution in [0.5, 0.6) is 0 Å². The van der Waals surface area contributed by atoms with Crippen molar-refractivity contribution >= 4 is 23.2 Å². The molecule has 1 atom stereocenters. The lowest BCUT2D eigenvalue weighted by molar-refractivity contribution is 0.0155. The molecule has 0 aromatic carbocycles. The van der Waals surface area contributed by atoms with Gasteiger partial charge in [0.25, 0.3) is 0 Å². The second-order valence-electron chi connectivity index (χ2n) is 7.53. The second-order valence-corrected chi connectivity index (χ2v) is 8.48. The van der Waals surface area contributed by atoms with E-state index in [1.807, 2.05) is 43.2 Å². The van der Waals surface area contributed by atoms with Crippen molar-refractivity contribution in [3.63, 3.8) is 0 Å². The summed E-state index contributed by atoms with van der Waals surface area (Å²) < 4.78 is 11.0. The zero-order valence-corrected chi connectivity index (χ0v) is 16.3. The first-order valence-corrected chi connectivity index (χ1v) is 9.85. The van der Waals surface area contributed by atoms with Gasteiger partial charge in [0.1, 0.15) is 12.2 Å². The fourth-order valence-electron chi connectivity index (χ4n) is 2.94. The van der Waals surface area contributed by atoms with Crippen molar-refractivity contribution in [1.82, 2.24) is 4.90 Å². The molecule has 140 valence electrons. The molecular weight excluding hydrogens is 338 g/mol. The first-order chi connectivity index (χ1) is 11.8. The van der Waals surface area contributed by atoms with E-state index in [0.29, 0.717) is 12.5 Å². The standard InChI is InChI=1S/C19H29NO4S/c1-19(2,3)24-18(22)20-10-4-7-15(13-20)8-5-11-23-14-16(21)17-9-6-12-25-17/h6,9,12,15H,4-5,7-8,10-11,13-14H2,1-3H3/t15-/m0/s1. The number of nitrogens with zero attached hydrogens (tertiary/aromatic N) is 1. The minimum atomic E-state index is -0.451. The lowest BCUT2D eigenvalue weighted by Gasteiger charge is -2.34. The Morgan fingerprint density at radius 3 is 2.84 bits per heavy atom. The SMILES string of the molecule is CC(C)(C)OC(=O)N1CCC[C@@H](CCCOCC(=O)c2cccs2)C1. The van der Waals surface area contributed by atoms with E-state index in [-0.39, 0.29) is 18.5 Å². The second kappa shape index (κ2) is 9.34. The van der Waals surface area contributed by atoms with Crippen molar-refractivity contribution in [3.8, 4) is 0 Å². The summed E-state index contributed by atoms with van der Waals surface area (Å²) >= 11 is 1.45. The van der Waals surface area contributed by atoms with Gasteiger partial charge >= 0.3 is 6.09 Å². The molecule has 0 unspecified atom stereocenters. The number of Topliss-reactive ketones (excluding diaryl/α,β-unsaturated/α-hetero) is 1. The van der Waals surface area contributed by atoms with Gasteiger partial charge in [-0.15, -0.1) is 11.3 Å². The van der Waals surface area contributed by atoms with Crippen LogP contribution in [0.15, 0.2) is 17.5 Å². The lowest BCUT2D eigenvalue weighted by Crippen LogP contribution is -2.42. The molecule has 0 spiro atoms. The van der Waals surface area contributed by atoms with Gasteiger partial charge in [-0.3, -0.25) is 4.79 Å². The Balaban J connectivity index is 1.62. The fraction of sp³-hybridized carbons (Fsp3) is 0.684. The van der Waals surface area contributed by atoms with E-state index in [2.05, 4.69) is 0 Å². The van der Waals surface area contributed by atoms with Gasteiger partial charge in [0.2, 0.25) is 0 Å². The molecule has 25 heavy (non-hydrogen) atoms. The van der Waals surface area contributed by atoms with Crippen LogP contribution >= 0.6 is 11.3 Å². The van der Waals surface area contributed by atoms with Crippen molar-refractivity contribution < 1.29 is 19.1 Å². The van der Waals surface area contributed by atoms with E-state index in [0.717, 1.165) is 43.6 Å². The molecular formula is C19H29NO4S. The summed E-state index contributed by atoms with van der Waals surface area (Å²) in [6.07, 6.45) is 3.85. The molecule has 0 aliphatic carbocycles. The van der Waals surface area contributed by atoms with Crippen molar-refractivity contribution in [2.75, 3.05) is 26.3 Å². The van der Waals surface area contributed by atoms with Gasteiger partial charge in [-0.25, -0.2) is 4.79 Å². The molecule has 1 aromatic rings. The maximum atomic E-state index is 12.2. The number of likely N-dealkylation sites (tertiary alicyclic amines) is 1. The fourth-order valence-corrected chi connectivity index (χ4v) is 3.59. The monoisotopic (exact) mass is 367 g/mol. The van der Waals surface area contributed by atoms with Crippen molar-refractivity contribution in [2.45, 2.75) is 52.1 Å². The first kappa shape index (κ1) is 19.9. The molecule has 1 aromatic heterocycles. The van der Waals surface area contributed by atoms with Gasteiger partial charge < -0.3 is 14.4 Å². The number of rotatable bonds is 7. The molecule has 2 rings (SSSR count). The predicted molar refractivity (Wildman–Crippen MR) is 99.2 cm³/mol. The van der Waals surface area contributed by atoms with E-state index < -0.39 is 5.60 Å². The van der Waals surface area contributed by atoms with E-state index in [1.54, 1.807) is 0 Å². The summed E-state index contributed by atoms with van der Waals surface area (Å²) in [7, 11) is 0. The molecule has 0 N–H and O–H groups in total. The largest absolute Gasteiger partial charge is 0.444 e. The van der Waals surface area contributed by atoms with Crippen molar-refractivity contribution in [2.24, 2.45) is 5.92 Å². The minimum Gasteiger partial charge on any atom is -0.444 e. The number of ether oxygens (including phenoxy) is 2. The summed E-state index contributed by atoms with van der Waals surface area (Å²) in [5, 5.41) is 1.90. The Morgan fingerprint density at radius 1 is 1.36 bits per heavy atom. The number of carbonyl (C=O) groups is 2. The highest BCUT2D eigenvalue weighted by atomic mass is 32.1. The normalized spacial score (nSPS) is 18.2. The molecule has 1 aliphatic rings. The summed E-state index contributed by atoms with van der Waals surface area (Å²) in [5.41, 5.74) is -0.451. The van der Waals surface area contributed by atoms with Crippen LogP contribution in [0.1, 0.15) is 56.1 Å². The number of piperidine rings is 1. The van der Waals surface area contributed by atoms with Crippen molar-refractivity contribution in [1.29, 1.82) is 0 Å². The number of hydrogen-bond donors (Lipinski definition) is 0. The highest BCUT2D eigenvalue weighted by molar-refractivity contribution is 7.12. The molecule has 0 saturated carbocycles. The van der Waals surface area contributed by atoms with Gasteiger partial charge in [-0.2, -0.15) is 0 Å². The Kier molecular flexibility index (Phi) is 7.44. The van der Waals surface area contributed by atoms with E-state index in [1.165, 1.54) is 11.3 Å². The lowest BCUT2D eigenvalue weighted by atomic mass is 9.94. The van der Waals surface area contributed by atoms with Crippen molar-refractivity contribution in [3.05, 3.63) is 22.4 Å². The maximum Gasteiger partial charge on any atom is 0.410 e. The van der Waals surface area contributed by atoms with E-state index in [4.69, 9.17) is 9.47 Å². The van der Waals surface area contributed by atoms with E-state index >= 15 is 0 Å². The molecule has 1 amide bonds. The quantitative estimate of drug-likeness (QED) is 0.530. The summed E-state index contributed by atoms with van der Waals surface area (Å²) in [4.78, 5) is 26.6. The average molecular weight is 368 g/mol. The van der Waals surface area contributed by atoms with Gasteiger partial charge in [0.05, 0.1) is 4.88 Å². The third kappa shape index (κ3) is 7.16. The molecule has 2 heterocycles. The first-order valence-electron chi connectivity index (χ1n) is 8.97. The number of ketones is 1. The van der Waals surface area contributed by atoms with Crippen LogP contribution in [0.4, 0.5) is 4.79 Å². The highest BCUT2D eigenvalue weighted by Gasteiger charge is 2.27. The van der Waals surface area contributed by atoms with Crippen LogP contribution in [0, 0.1) is 5.92 Å². The Labute approximate surface area is 154 Å². The summed E-state index contributed by atoms with van der Waals surface area (Å²) in [6, 6.07) is 3.70. The number of hydrogen-bond acceptors (Lipinski definition) is 5.